The van der Waals surface area contributed by atoms with Gasteiger partial charge in [-0.15, -0.1) is 0 Å². The number of carbonyl (C=O) groups is 1. The van der Waals surface area contributed by atoms with Gasteiger partial charge in [-0.3, -0.25) is 0 Å². The molecule has 0 amide bonds. The van der Waals surface area contributed by atoms with Crippen molar-refractivity contribution in [2.24, 2.45) is 0 Å². The molecule has 3 rings (SSSR count). The van der Waals surface area contributed by atoms with Gasteiger partial charge in [-0.2, -0.15) is 4.98 Å². The van der Waals surface area contributed by atoms with Crippen molar-refractivity contribution in [2.45, 2.75) is 6.61 Å². The van der Waals surface area contributed by atoms with Crippen LogP contribution >= 0.6 is 0 Å². The number of hydrogen-bond donors (Lipinski definition) is 1. The van der Waals surface area contributed by atoms with Crippen molar-refractivity contribution in [3.05, 3.63) is 65.8 Å². The standard InChI is InChI=1S/C16H11FN2O4/c17-12-5-1-10(2-6-12)15-18-14(23-19-15)9-22-13-7-3-11(4-8-13)16(20)21/h1-8H,9H2,(H,20,21). The first-order chi connectivity index (χ1) is 11.1. The van der Waals surface area contributed by atoms with Crippen molar-refractivity contribution in [3.8, 4) is 17.1 Å². The van der Waals surface area contributed by atoms with E-state index in [1.54, 1.807) is 24.3 Å². The first-order valence-electron chi connectivity index (χ1n) is 6.66. The summed E-state index contributed by atoms with van der Waals surface area (Å²) in [4.78, 5) is 14.9. The molecule has 7 heteroatoms. The van der Waals surface area contributed by atoms with Crippen LogP contribution in [0.5, 0.6) is 5.75 Å². The van der Waals surface area contributed by atoms with Gasteiger partial charge in [0.15, 0.2) is 6.61 Å². The predicted molar refractivity (Wildman–Crippen MR) is 77.4 cm³/mol. The van der Waals surface area contributed by atoms with E-state index in [9.17, 15) is 9.18 Å². The summed E-state index contributed by atoms with van der Waals surface area (Å²) >= 11 is 0. The maximum atomic E-state index is 12.9. The number of aromatic carboxylic acids is 1. The fraction of sp³-hybridized carbons (Fsp3) is 0.0625. The largest absolute Gasteiger partial charge is 0.484 e. The lowest BCUT2D eigenvalue weighted by molar-refractivity contribution is 0.0697. The quantitative estimate of drug-likeness (QED) is 0.778. The Labute approximate surface area is 130 Å². The van der Waals surface area contributed by atoms with Crippen LogP contribution in [0.2, 0.25) is 0 Å². The van der Waals surface area contributed by atoms with E-state index < -0.39 is 5.97 Å². The van der Waals surface area contributed by atoms with E-state index in [0.717, 1.165) is 0 Å². The van der Waals surface area contributed by atoms with E-state index in [2.05, 4.69) is 10.1 Å². The zero-order valence-corrected chi connectivity index (χ0v) is 11.8. The Morgan fingerprint density at radius 1 is 1.13 bits per heavy atom. The molecule has 3 aromatic rings. The predicted octanol–water partition coefficient (Wildman–Crippen LogP) is 3.15. The van der Waals surface area contributed by atoms with Crippen LogP contribution in [0.3, 0.4) is 0 Å². The topological polar surface area (TPSA) is 85.5 Å². The van der Waals surface area contributed by atoms with E-state index in [1.165, 1.54) is 24.3 Å². The monoisotopic (exact) mass is 314 g/mol. The van der Waals surface area contributed by atoms with Gasteiger partial charge in [0, 0.05) is 5.56 Å². The smallest absolute Gasteiger partial charge is 0.335 e. The minimum Gasteiger partial charge on any atom is -0.484 e. The van der Waals surface area contributed by atoms with Crippen LogP contribution in [-0.2, 0) is 6.61 Å². The summed E-state index contributed by atoms with van der Waals surface area (Å²) in [5.41, 5.74) is 0.806. The average molecular weight is 314 g/mol. The highest BCUT2D eigenvalue weighted by Crippen LogP contribution is 2.18. The van der Waals surface area contributed by atoms with E-state index in [-0.39, 0.29) is 23.9 Å². The van der Waals surface area contributed by atoms with E-state index in [4.69, 9.17) is 14.4 Å². The fourth-order valence-corrected chi connectivity index (χ4v) is 1.87. The van der Waals surface area contributed by atoms with Gasteiger partial charge in [0.1, 0.15) is 11.6 Å². The summed E-state index contributed by atoms with van der Waals surface area (Å²) < 4.78 is 23.4. The van der Waals surface area contributed by atoms with Gasteiger partial charge in [-0.1, -0.05) is 5.16 Å². The third-order valence-electron chi connectivity index (χ3n) is 3.03. The molecule has 0 aliphatic heterocycles. The van der Waals surface area contributed by atoms with E-state index in [1.807, 2.05) is 0 Å². The number of rotatable bonds is 5. The second kappa shape index (κ2) is 6.27. The molecule has 2 aromatic carbocycles. The molecular weight excluding hydrogens is 303 g/mol. The Bertz CT molecular complexity index is 813. The van der Waals surface area contributed by atoms with Crippen LogP contribution in [0.15, 0.2) is 53.1 Å². The molecule has 1 heterocycles. The van der Waals surface area contributed by atoms with Crippen molar-refractivity contribution in [2.75, 3.05) is 0 Å². The molecule has 1 N–H and O–H groups in total. The molecule has 0 bridgehead atoms. The number of aromatic nitrogens is 2. The molecule has 23 heavy (non-hydrogen) atoms. The number of nitrogens with zero attached hydrogens (tertiary/aromatic N) is 2. The maximum Gasteiger partial charge on any atom is 0.335 e. The Hall–Kier alpha value is -3.22. The summed E-state index contributed by atoms with van der Waals surface area (Å²) in [5, 5.41) is 12.6. The second-order valence-electron chi connectivity index (χ2n) is 4.64. The lowest BCUT2D eigenvalue weighted by Crippen LogP contribution is -1.98. The number of hydrogen-bond acceptors (Lipinski definition) is 5. The number of carboxylic acids is 1. The van der Waals surface area contributed by atoms with Crippen molar-refractivity contribution in [1.82, 2.24) is 10.1 Å². The Morgan fingerprint density at radius 3 is 2.48 bits per heavy atom. The lowest BCUT2D eigenvalue weighted by atomic mass is 10.2. The van der Waals surface area contributed by atoms with Crippen molar-refractivity contribution in [3.63, 3.8) is 0 Å². The molecule has 0 saturated carbocycles. The third-order valence-corrected chi connectivity index (χ3v) is 3.03. The SMILES string of the molecule is O=C(O)c1ccc(OCc2nc(-c3ccc(F)cc3)no2)cc1. The molecule has 0 fully saturated rings. The highest BCUT2D eigenvalue weighted by Gasteiger charge is 2.10. The zero-order valence-electron chi connectivity index (χ0n) is 11.8. The number of halogens is 1. The molecule has 0 saturated heterocycles. The molecule has 116 valence electrons. The molecule has 0 aliphatic rings. The zero-order chi connectivity index (χ0) is 16.2. The van der Waals surface area contributed by atoms with Gasteiger partial charge in [-0.05, 0) is 48.5 Å². The Balaban J connectivity index is 1.65. The van der Waals surface area contributed by atoms with Crippen LogP contribution in [0.1, 0.15) is 16.2 Å². The summed E-state index contributed by atoms with van der Waals surface area (Å²) in [6, 6.07) is 11.7. The Kier molecular flexibility index (Phi) is 4.01. The van der Waals surface area contributed by atoms with E-state index >= 15 is 0 Å². The minimum absolute atomic E-state index is 0.0423. The highest BCUT2D eigenvalue weighted by atomic mass is 19.1. The molecule has 0 aliphatic carbocycles. The van der Waals surface area contributed by atoms with Crippen LogP contribution in [0.4, 0.5) is 4.39 Å². The van der Waals surface area contributed by atoms with Crippen molar-refractivity contribution < 1.29 is 23.6 Å². The normalized spacial score (nSPS) is 10.5. The summed E-state index contributed by atoms with van der Waals surface area (Å²) in [6.07, 6.45) is 0. The van der Waals surface area contributed by atoms with Crippen LogP contribution in [0.25, 0.3) is 11.4 Å². The third kappa shape index (κ3) is 3.52. The summed E-state index contributed by atoms with van der Waals surface area (Å²) in [7, 11) is 0. The lowest BCUT2D eigenvalue weighted by Gasteiger charge is -2.02. The Morgan fingerprint density at radius 2 is 1.83 bits per heavy atom. The molecular formula is C16H11FN2O4. The number of benzene rings is 2. The molecule has 0 spiro atoms. The molecule has 1 aromatic heterocycles. The average Bonchev–Trinajstić information content (AvgIpc) is 3.03. The number of ether oxygens (including phenoxy) is 1. The van der Waals surface area contributed by atoms with Crippen molar-refractivity contribution >= 4 is 5.97 Å². The summed E-state index contributed by atoms with van der Waals surface area (Å²) in [5.74, 6) is -0.268. The van der Waals surface area contributed by atoms with Gasteiger partial charge < -0.3 is 14.4 Å². The van der Waals surface area contributed by atoms with Crippen LogP contribution in [0, 0.1) is 5.82 Å². The highest BCUT2D eigenvalue weighted by molar-refractivity contribution is 5.87. The molecule has 0 radical (unpaired) electrons. The van der Waals surface area contributed by atoms with Gasteiger partial charge in [-0.25, -0.2) is 9.18 Å². The molecule has 0 atom stereocenters. The van der Waals surface area contributed by atoms with Crippen LogP contribution in [-0.4, -0.2) is 21.2 Å². The molecule has 0 unspecified atom stereocenters. The number of carboxylic acid groups (broad SMARTS) is 1. The van der Waals surface area contributed by atoms with Crippen molar-refractivity contribution in [1.29, 1.82) is 0 Å². The fourth-order valence-electron chi connectivity index (χ4n) is 1.87. The van der Waals surface area contributed by atoms with Crippen LogP contribution < -0.4 is 4.74 Å². The summed E-state index contributed by atoms with van der Waals surface area (Å²) in [6.45, 7) is 0.0423. The molecule has 6 nitrogen and oxygen atoms in total. The van der Waals surface area contributed by atoms with Gasteiger partial charge in [0.2, 0.25) is 5.82 Å². The van der Waals surface area contributed by atoms with E-state index in [0.29, 0.717) is 17.1 Å². The maximum absolute atomic E-state index is 12.9. The van der Waals surface area contributed by atoms with Gasteiger partial charge in [0.25, 0.3) is 5.89 Å². The first kappa shape index (κ1) is 14.7. The first-order valence-corrected chi connectivity index (χ1v) is 6.66. The van der Waals surface area contributed by atoms with Gasteiger partial charge in [0.05, 0.1) is 5.56 Å². The minimum atomic E-state index is -1.00. The van der Waals surface area contributed by atoms with Gasteiger partial charge >= 0.3 is 5.97 Å². The second-order valence-corrected chi connectivity index (χ2v) is 4.64.